The van der Waals surface area contributed by atoms with Crippen molar-refractivity contribution in [3.63, 3.8) is 0 Å². The van der Waals surface area contributed by atoms with Crippen molar-refractivity contribution in [1.29, 1.82) is 0 Å². The number of H-pyrrole nitrogens is 2. The molecule has 0 bridgehead atoms. The van der Waals surface area contributed by atoms with Gasteiger partial charge in [0, 0.05) is 13.1 Å². The van der Waals surface area contributed by atoms with E-state index in [0.29, 0.717) is 5.65 Å². The van der Waals surface area contributed by atoms with E-state index in [1.807, 2.05) is 0 Å². The van der Waals surface area contributed by atoms with Gasteiger partial charge in [-0.25, -0.2) is 4.79 Å². The Hall–Kier alpha value is -2.64. The molecule has 0 fully saturated rings. The maximum atomic E-state index is 11.9. The van der Waals surface area contributed by atoms with Crippen LogP contribution in [0, 0.1) is 0 Å². The maximum absolute atomic E-state index is 11.9. The number of hydrogen-bond donors (Lipinski definition) is 2. The smallest absolute Gasteiger partial charge is 0.448 e. The SMILES string of the molecule is CN(CC(=O)O)C(=O)c1ccc2[nH+][nH]c(=O)n2c1. The lowest BCUT2D eigenvalue weighted by atomic mass is 10.2. The van der Waals surface area contributed by atoms with Gasteiger partial charge in [0.2, 0.25) is 0 Å². The lowest BCUT2D eigenvalue weighted by Crippen LogP contribution is -2.32. The summed E-state index contributed by atoms with van der Waals surface area (Å²) < 4.78 is 1.24. The van der Waals surface area contributed by atoms with E-state index in [1.54, 1.807) is 6.07 Å². The number of rotatable bonds is 3. The molecule has 0 aromatic carbocycles. The molecule has 2 aromatic heterocycles. The second kappa shape index (κ2) is 4.32. The Balaban J connectivity index is 2.35. The number of carbonyl (C=O) groups is 2. The summed E-state index contributed by atoms with van der Waals surface area (Å²) in [6, 6.07) is 3.07. The number of nitrogens with one attached hydrogen (secondary N) is 2. The van der Waals surface area contributed by atoms with Crippen LogP contribution in [-0.4, -0.2) is 45.0 Å². The molecule has 2 rings (SSSR count). The third-order valence-corrected chi connectivity index (χ3v) is 2.43. The molecule has 94 valence electrons. The molecule has 0 saturated carbocycles. The van der Waals surface area contributed by atoms with Gasteiger partial charge in [-0.15, -0.1) is 4.40 Å². The number of carboxylic acids is 1. The number of likely N-dealkylation sites (N-methyl/N-ethyl adjacent to an activating group) is 1. The molecule has 0 atom stereocenters. The Morgan fingerprint density at radius 1 is 1.50 bits per heavy atom. The van der Waals surface area contributed by atoms with E-state index < -0.39 is 24.1 Å². The van der Waals surface area contributed by atoms with Gasteiger partial charge in [0.1, 0.15) is 12.7 Å². The molecular formula is C10H11N4O4+. The monoisotopic (exact) mass is 251 g/mol. The Labute approximate surface area is 100 Å². The van der Waals surface area contributed by atoms with Gasteiger partial charge in [-0.1, -0.05) is 0 Å². The van der Waals surface area contributed by atoms with E-state index in [4.69, 9.17) is 5.11 Å². The number of aliphatic carboxylic acids is 1. The van der Waals surface area contributed by atoms with Crippen LogP contribution in [-0.2, 0) is 4.79 Å². The normalized spacial score (nSPS) is 10.5. The molecule has 0 aliphatic rings. The van der Waals surface area contributed by atoms with Crippen LogP contribution in [0.5, 0.6) is 0 Å². The average molecular weight is 251 g/mol. The van der Waals surface area contributed by atoms with E-state index in [1.165, 1.54) is 23.7 Å². The van der Waals surface area contributed by atoms with Gasteiger partial charge in [0.25, 0.3) is 5.91 Å². The summed E-state index contributed by atoms with van der Waals surface area (Å²) >= 11 is 0. The van der Waals surface area contributed by atoms with Gasteiger partial charge < -0.3 is 10.0 Å². The molecule has 0 spiro atoms. The highest BCUT2D eigenvalue weighted by Crippen LogP contribution is 2.03. The number of hydrogen-bond acceptors (Lipinski definition) is 3. The summed E-state index contributed by atoms with van der Waals surface area (Å²) in [4.78, 5) is 34.8. The van der Waals surface area contributed by atoms with Crippen LogP contribution in [0.4, 0.5) is 0 Å². The number of fused-ring (bicyclic) bond motifs is 1. The molecule has 0 radical (unpaired) electrons. The molecule has 18 heavy (non-hydrogen) atoms. The molecule has 2 aromatic rings. The second-order valence-electron chi connectivity index (χ2n) is 3.78. The summed E-state index contributed by atoms with van der Waals surface area (Å²) in [5.74, 6) is -1.56. The molecule has 1 amide bonds. The van der Waals surface area contributed by atoms with Gasteiger partial charge in [-0.2, -0.15) is 10.2 Å². The predicted molar refractivity (Wildman–Crippen MR) is 59.2 cm³/mol. The van der Waals surface area contributed by atoms with Crippen LogP contribution in [0.15, 0.2) is 23.1 Å². The third-order valence-electron chi connectivity index (χ3n) is 2.43. The molecule has 8 nitrogen and oxygen atoms in total. The predicted octanol–water partition coefficient (Wildman–Crippen LogP) is -1.40. The Morgan fingerprint density at radius 3 is 2.89 bits per heavy atom. The first-order chi connectivity index (χ1) is 8.49. The quantitative estimate of drug-likeness (QED) is 0.699. The van der Waals surface area contributed by atoms with E-state index in [9.17, 15) is 14.4 Å². The minimum atomic E-state index is -1.10. The number of aromatic amines is 2. The summed E-state index contributed by atoms with van der Waals surface area (Å²) in [5, 5.41) is 13.6. The Bertz CT molecular complexity index is 672. The van der Waals surface area contributed by atoms with Crippen molar-refractivity contribution in [3.8, 4) is 0 Å². The summed E-state index contributed by atoms with van der Waals surface area (Å²) in [6.07, 6.45) is 1.35. The van der Waals surface area contributed by atoms with Crippen molar-refractivity contribution >= 4 is 17.5 Å². The molecule has 0 saturated heterocycles. The summed E-state index contributed by atoms with van der Waals surface area (Å²) in [6.45, 7) is -0.398. The standard InChI is InChI=1S/C10H10N4O4/c1-13(5-8(15)16)9(17)6-2-3-7-11-12-10(18)14(7)4-6/h2-4H,5H2,1H3,(H,12,18)(H,15,16)/p+1. The van der Waals surface area contributed by atoms with Crippen LogP contribution >= 0.6 is 0 Å². The number of aromatic nitrogens is 3. The van der Waals surface area contributed by atoms with Crippen LogP contribution in [0.25, 0.3) is 5.65 Å². The highest BCUT2D eigenvalue weighted by molar-refractivity contribution is 5.95. The zero-order valence-corrected chi connectivity index (χ0v) is 9.51. The van der Waals surface area contributed by atoms with Crippen molar-refractivity contribution in [1.82, 2.24) is 14.4 Å². The van der Waals surface area contributed by atoms with Crippen LogP contribution < -0.4 is 10.8 Å². The Morgan fingerprint density at radius 2 is 2.22 bits per heavy atom. The van der Waals surface area contributed by atoms with Gasteiger partial charge in [0.05, 0.1) is 5.56 Å². The molecule has 8 heteroatoms. The number of pyridine rings is 1. The Kier molecular flexibility index (Phi) is 2.84. The topological polar surface area (TPSA) is 109 Å². The van der Waals surface area contributed by atoms with Crippen LogP contribution in [0.3, 0.4) is 0 Å². The first-order valence-electron chi connectivity index (χ1n) is 5.08. The van der Waals surface area contributed by atoms with Gasteiger partial charge >= 0.3 is 17.3 Å². The van der Waals surface area contributed by atoms with E-state index in [0.717, 1.165) is 4.90 Å². The maximum Gasteiger partial charge on any atom is 0.448 e. The van der Waals surface area contributed by atoms with Crippen molar-refractivity contribution in [3.05, 3.63) is 34.4 Å². The lowest BCUT2D eigenvalue weighted by molar-refractivity contribution is -0.423. The largest absolute Gasteiger partial charge is 0.480 e. The third kappa shape index (κ3) is 2.08. The van der Waals surface area contributed by atoms with E-state index >= 15 is 0 Å². The van der Waals surface area contributed by atoms with E-state index in [2.05, 4.69) is 10.2 Å². The summed E-state index contributed by atoms with van der Waals surface area (Å²) in [5.41, 5.74) is 0.347. The van der Waals surface area contributed by atoms with Crippen molar-refractivity contribution in [2.45, 2.75) is 0 Å². The average Bonchev–Trinajstić information content (AvgIpc) is 2.69. The fraction of sp³-hybridized carbons (Fsp3) is 0.200. The zero-order valence-electron chi connectivity index (χ0n) is 9.51. The highest BCUT2D eigenvalue weighted by atomic mass is 16.4. The fourth-order valence-electron chi connectivity index (χ4n) is 1.57. The molecular weight excluding hydrogens is 240 g/mol. The molecule has 0 aliphatic heterocycles. The van der Waals surface area contributed by atoms with Crippen molar-refractivity contribution in [2.24, 2.45) is 0 Å². The lowest BCUT2D eigenvalue weighted by Gasteiger charge is -2.13. The number of amides is 1. The van der Waals surface area contributed by atoms with Gasteiger partial charge in [-0.05, 0) is 6.07 Å². The second-order valence-corrected chi connectivity index (χ2v) is 3.78. The van der Waals surface area contributed by atoms with Crippen molar-refractivity contribution < 1.29 is 19.8 Å². The molecule has 2 heterocycles. The minimum absolute atomic E-state index is 0.237. The van der Waals surface area contributed by atoms with Crippen LogP contribution in [0.2, 0.25) is 0 Å². The molecule has 0 aliphatic carbocycles. The van der Waals surface area contributed by atoms with Gasteiger partial charge in [0.15, 0.2) is 0 Å². The fourth-order valence-corrected chi connectivity index (χ4v) is 1.57. The first-order valence-corrected chi connectivity index (χ1v) is 5.08. The number of carbonyl (C=O) groups excluding carboxylic acids is 1. The molecule has 0 unspecified atom stereocenters. The van der Waals surface area contributed by atoms with Crippen LogP contribution in [0.1, 0.15) is 10.4 Å². The van der Waals surface area contributed by atoms with Crippen molar-refractivity contribution in [2.75, 3.05) is 13.6 Å². The first kappa shape index (κ1) is 11.8. The zero-order chi connectivity index (χ0) is 13.3. The molecule has 3 N–H and O–H groups in total. The number of nitrogens with zero attached hydrogens (tertiary/aromatic N) is 2. The number of carboxylic acid groups (broad SMARTS) is 1. The minimum Gasteiger partial charge on any atom is -0.480 e. The van der Waals surface area contributed by atoms with E-state index in [-0.39, 0.29) is 5.56 Å². The highest BCUT2D eigenvalue weighted by Gasteiger charge is 2.17. The summed E-state index contributed by atoms with van der Waals surface area (Å²) in [7, 11) is 1.38. The van der Waals surface area contributed by atoms with Gasteiger partial charge in [-0.3, -0.25) is 9.59 Å².